The Morgan fingerprint density at radius 2 is 1.94 bits per heavy atom. The van der Waals surface area contributed by atoms with E-state index in [0.717, 1.165) is 10.2 Å². The van der Waals surface area contributed by atoms with Crippen LogP contribution in [0.5, 0.6) is 0 Å². The SMILES string of the molecule is Nc1cnc(Nc2ccc(Br)cc2)c(Cl)c1. The highest BCUT2D eigenvalue weighted by Gasteiger charge is 2.02. The van der Waals surface area contributed by atoms with E-state index < -0.39 is 0 Å². The van der Waals surface area contributed by atoms with Crippen molar-refractivity contribution in [2.24, 2.45) is 0 Å². The van der Waals surface area contributed by atoms with Crippen molar-refractivity contribution < 1.29 is 0 Å². The highest BCUT2D eigenvalue weighted by Crippen LogP contribution is 2.25. The van der Waals surface area contributed by atoms with Crippen LogP contribution in [0, 0.1) is 0 Å². The maximum absolute atomic E-state index is 6.00. The van der Waals surface area contributed by atoms with Crippen LogP contribution >= 0.6 is 27.5 Å². The van der Waals surface area contributed by atoms with Gasteiger partial charge in [0.1, 0.15) is 5.82 Å². The molecule has 0 unspecified atom stereocenters. The summed E-state index contributed by atoms with van der Waals surface area (Å²) >= 11 is 9.37. The van der Waals surface area contributed by atoms with Crippen LogP contribution in [0.15, 0.2) is 41.0 Å². The van der Waals surface area contributed by atoms with Crippen molar-refractivity contribution in [1.82, 2.24) is 4.98 Å². The summed E-state index contributed by atoms with van der Waals surface area (Å²) in [6.45, 7) is 0. The van der Waals surface area contributed by atoms with Gasteiger partial charge in [-0.1, -0.05) is 27.5 Å². The molecule has 0 spiro atoms. The first kappa shape index (κ1) is 11.2. The second kappa shape index (κ2) is 4.72. The number of halogens is 2. The predicted octanol–water partition coefficient (Wildman–Crippen LogP) is 3.82. The summed E-state index contributed by atoms with van der Waals surface area (Å²) in [6.07, 6.45) is 1.56. The molecule has 0 bridgehead atoms. The van der Waals surface area contributed by atoms with Crippen LogP contribution in [-0.2, 0) is 0 Å². The first-order valence-corrected chi connectivity index (χ1v) is 5.76. The minimum atomic E-state index is 0.503. The van der Waals surface area contributed by atoms with Gasteiger partial charge in [-0.15, -0.1) is 0 Å². The summed E-state index contributed by atoms with van der Waals surface area (Å²) in [5.74, 6) is 0.596. The van der Waals surface area contributed by atoms with Crippen LogP contribution < -0.4 is 11.1 Å². The molecule has 3 N–H and O–H groups in total. The smallest absolute Gasteiger partial charge is 0.149 e. The zero-order valence-corrected chi connectivity index (χ0v) is 10.6. The lowest BCUT2D eigenvalue weighted by molar-refractivity contribution is 1.31. The van der Waals surface area contributed by atoms with Gasteiger partial charge in [0.2, 0.25) is 0 Å². The van der Waals surface area contributed by atoms with Crippen molar-refractivity contribution in [3.05, 3.63) is 46.0 Å². The Hall–Kier alpha value is -1.26. The third-order valence-corrected chi connectivity index (χ3v) is 2.79. The fourth-order valence-electron chi connectivity index (χ4n) is 1.21. The van der Waals surface area contributed by atoms with Crippen molar-refractivity contribution in [3.63, 3.8) is 0 Å². The predicted molar refractivity (Wildman–Crippen MR) is 71.1 cm³/mol. The summed E-state index contributed by atoms with van der Waals surface area (Å²) in [6, 6.07) is 9.40. The van der Waals surface area contributed by atoms with E-state index in [2.05, 4.69) is 26.2 Å². The van der Waals surface area contributed by atoms with Crippen molar-refractivity contribution in [3.8, 4) is 0 Å². The Labute approximate surface area is 107 Å². The van der Waals surface area contributed by atoms with E-state index in [1.54, 1.807) is 12.3 Å². The lowest BCUT2D eigenvalue weighted by atomic mass is 10.3. The van der Waals surface area contributed by atoms with E-state index in [0.29, 0.717) is 16.5 Å². The molecule has 0 aliphatic rings. The van der Waals surface area contributed by atoms with Gasteiger partial charge in [0.05, 0.1) is 16.9 Å². The number of rotatable bonds is 2. The van der Waals surface area contributed by atoms with E-state index in [9.17, 15) is 0 Å². The highest BCUT2D eigenvalue weighted by atomic mass is 79.9. The van der Waals surface area contributed by atoms with E-state index in [-0.39, 0.29) is 0 Å². The van der Waals surface area contributed by atoms with Gasteiger partial charge in [-0.25, -0.2) is 4.98 Å². The fourth-order valence-corrected chi connectivity index (χ4v) is 1.70. The number of aromatic nitrogens is 1. The number of hydrogen-bond acceptors (Lipinski definition) is 3. The van der Waals surface area contributed by atoms with E-state index in [4.69, 9.17) is 17.3 Å². The zero-order valence-electron chi connectivity index (χ0n) is 8.24. The van der Waals surface area contributed by atoms with Crippen LogP contribution in [0.1, 0.15) is 0 Å². The van der Waals surface area contributed by atoms with Gasteiger partial charge in [-0.3, -0.25) is 0 Å². The molecule has 1 heterocycles. The average Bonchev–Trinajstić information content (AvgIpc) is 2.25. The number of nitrogens with two attached hydrogens (primary N) is 1. The minimum absolute atomic E-state index is 0.503. The molecule has 1 aromatic heterocycles. The van der Waals surface area contributed by atoms with Crippen LogP contribution in [0.25, 0.3) is 0 Å². The van der Waals surface area contributed by atoms with Crippen molar-refractivity contribution in [1.29, 1.82) is 0 Å². The number of nitrogens with zero attached hydrogens (tertiary/aromatic N) is 1. The fraction of sp³-hybridized carbons (Fsp3) is 0. The van der Waals surface area contributed by atoms with Crippen LogP contribution in [0.3, 0.4) is 0 Å². The maximum atomic E-state index is 6.00. The molecule has 0 saturated heterocycles. The van der Waals surface area contributed by atoms with E-state index in [1.807, 2.05) is 24.3 Å². The van der Waals surface area contributed by atoms with Gasteiger partial charge in [0.25, 0.3) is 0 Å². The highest BCUT2D eigenvalue weighted by molar-refractivity contribution is 9.10. The normalized spacial score (nSPS) is 10.1. The summed E-state index contributed by atoms with van der Waals surface area (Å²) < 4.78 is 1.02. The van der Waals surface area contributed by atoms with Crippen molar-refractivity contribution >= 4 is 44.7 Å². The topological polar surface area (TPSA) is 50.9 Å². The van der Waals surface area contributed by atoms with Crippen LogP contribution in [0.4, 0.5) is 17.2 Å². The molecule has 0 aliphatic carbocycles. The second-order valence-electron chi connectivity index (χ2n) is 3.23. The first-order valence-electron chi connectivity index (χ1n) is 4.59. The molecule has 2 rings (SSSR count). The van der Waals surface area contributed by atoms with E-state index in [1.165, 1.54) is 0 Å². The Bertz CT molecular complexity index is 499. The molecule has 1 aromatic carbocycles. The van der Waals surface area contributed by atoms with Crippen LogP contribution in [-0.4, -0.2) is 4.98 Å². The third kappa shape index (κ3) is 2.65. The number of benzene rings is 1. The number of nitrogens with one attached hydrogen (secondary N) is 1. The molecule has 16 heavy (non-hydrogen) atoms. The monoisotopic (exact) mass is 297 g/mol. The van der Waals surface area contributed by atoms with Gasteiger partial charge in [-0.2, -0.15) is 0 Å². The minimum Gasteiger partial charge on any atom is -0.397 e. The molecule has 3 nitrogen and oxygen atoms in total. The molecule has 0 atom stereocenters. The number of pyridine rings is 1. The Kier molecular flexibility index (Phi) is 3.31. The molecule has 0 saturated carbocycles. The average molecular weight is 299 g/mol. The van der Waals surface area contributed by atoms with Crippen molar-refractivity contribution in [2.45, 2.75) is 0 Å². The quantitative estimate of drug-likeness (QED) is 0.886. The molecule has 2 aromatic rings. The largest absolute Gasteiger partial charge is 0.397 e. The molecule has 0 fully saturated rings. The Morgan fingerprint density at radius 1 is 1.25 bits per heavy atom. The van der Waals surface area contributed by atoms with E-state index >= 15 is 0 Å². The van der Waals surface area contributed by atoms with Gasteiger partial charge < -0.3 is 11.1 Å². The number of hydrogen-bond donors (Lipinski definition) is 2. The number of nitrogen functional groups attached to an aromatic ring is 1. The zero-order chi connectivity index (χ0) is 11.5. The Balaban J connectivity index is 2.23. The van der Waals surface area contributed by atoms with Crippen LogP contribution in [0.2, 0.25) is 5.02 Å². The molecule has 5 heteroatoms. The standard InChI is InChI=1S/C11H9BrClN3/c12-7-1-3-9(4-2-7)16-11-10(13)5-8(14)6-15-11/h1-6H,14H2,(H,15,16). The molecule has 82 valence electrons. The third-order valence-electron chi connectivity index (χ3n) is 1.97. The van der Waals surface area contributed by atoms with Gasteiger partial charge in [0.15, 0.2) is 0 Å². The van der Waals surface area contributed by atoms with Gasteiger partial charge >= 0.3 is 0 Å². The summed E-state index contributed by atoms with van der Waals surface area (Å²) in [5.41, 5.74) is 7.03. The molecule has 0 amide bonds. The molecular weight excluding hydrogens is 289 g/mol. The van der Waals surface area contributed by atoms with Gasteiger partial charge in [0, 0.05) is 10.2 Å². The second-order valence-corrected chi connectivity index (χ2v) is 4.55. The Morgan fingerprint density at radius 3 is 2.56 bits per heavy atom. The van der Waals surface area contributed by atoms with Crippen molar-refractivity contribution in [2.75, 3.05) is 11.1 Å². The molecule has 0 radical (unpaired) electrons. The van der Waals surface area contributed by atoms with Gasteiger partial charge in [-0.05, 0) is 30.3 Å². The molecule has 0 aliphatic heterocycles. The first-order chi connectivity index (χ1) is 7.65. The lowest BCUT2D eigenvalue weighted by Crippen LogP contribution is -1.95. The summed E-state index contributed by atoms with van der Waals surface area (Å²) in [7, 11) is 0. The number of anilines is 3. The summed E-state index contributed by atoms with van der Waals surface area (Å²) in [4.78, 5) is 4.12. The molecular formula is C11H9BrClN3. The maximum Gasteiger partial charge on any atom is 0.149 e. The summed E-state index contributed by atoms with van der Waals surface area (Å²) in [5, 5.41) is 3.61. The lowest BCUT2D eigenvalue weighted by Gasteiger charge is -2.07.